The van der Waals surface area contributed by atoms with Gasteiger partial charge in [0.25, 0.3) is 0 Å². The molecule has 2 atom stereocenters. The van der Waals surface area contributed by atoms with Gasteiger partial charge in [-0.05, 0) is 24.6 Å². The van der Waals surface area contributed by atoms with Crippen LogP contribution < -0.4 is 20.9 Å². The predicted octanol–water partition coefficient (Wildman–Crippen LogP) is 2.55. The van der Waals surface area contributed by atoms with Gasteiger partial charge in [0.05, 0.1) is 18.5 Å². The standard InChI is InChI=1S/C18H24N4O6S/c1-4-10(2)29-11-5-6-12(13(9-11)22-14(23)7-8-15(22)24)19-16(20-17(25)26)21-18(27)28-3/h5-6,9-10,16,19-20H,4,7-8H2,1-3H3,(H,21,27)(H,25,26). The fourth-order valence-corrected chi connectivity index (χ4v) is 3.57. The van der Waals surface area contributed by atoms with E-state index in [1.54, 1.807) is 30.0 Å². The number of ether oxygens (including phenoxy) is 1. The Bertz CT molecular complexity index is 787. The molecule has 29 heavy (non-hydrogen) atoms. The van der Waals surface area contributed by atoms with Gasteiger partial charge in [0, 0.05) is 23.0 Å². The normalized spacial score (nSPS) is 15.6. The van der Waals surface area contributed by atoms with Crippen LogP contribution in [0, 0.1) is 0 Å². The predicted molar refractivity (Wildman–Crippen MR) is 108 cm³/mol. The summed E-state index contributed by atoms with van der Waals surface area (Å²) in [4.78, 5) is 49.1. The van der Waals surface area contributed by atoms with Gasteiger partial charge in [-0.25, -0.2) is 14.5 Å². The molecule has 1 heterocycles. The van der Waals surface area contributed by atoms with Gasteiger partial charge in [0.15, 0.2) is 6.29 Å². The van der Waals surface area contributed by atoms with Gasteiger partial charge in [-0.1, -0.05) is 13.8 Å². The monoisotopic (exact) mass is 424 g/mol. The number of carbonyl (C=O) groups excluding carboxylic acids is 3. The molecule has 1 aliphatic rings. The van der Waals surface area contributed by atoms with E-state index in [1.165, 1.54) is 0 Å². The van der Waals surface area contributed by atoms with Crippen molar-refractivity contribution >= 4 is 47.1 Å². The lowest BCUT2D eigenvalue weighted by Gasteiger charge is -2.25. The molecular weight excluding hydrogens is 400 g/mol. The quantitative estimate of drug-likeness (QED) is 0.284. The van der Waals surface area contributed by atoms with Gasteiger partial charge in [-0.2, -0.15) is 0 Å². The number of alkyl carbamates (subject to hydrolysis) is 1. The van der Waals surface area contributed by atoms with Crippen LogP contribution in [-0.2, 0) is 14.3 Å². The molecule has 11 heteroatoms. The molecule has 1 fully saturated rings. The van der Waals surface area contributed by atoms with Crippen LogP contribution in [0.2, 0.25) is 0 Å². The molecule has 0 aromatic heterocycles. The lowest BCUT2D eigenvalue weighted by molar-refractivity contribution is -0.121. The molecule has 1 aliphatic heterocycles. The highest BCUT2D eigenvalue weighted by atomic mass is 32.2. The minimum absolute atomic E-state index is 0.109. The van der Waals surface area contributed by atoms with Gasteiger partial charge in [0.1, 0.15) is 0 Å². The van der Waals surface area contributed by atoms with Gasteiger partial charge < -0.3 is 15.2 Å². The van der Waals surface area contributed by atoms with Crippen LogP contribution in [0.25, 0.3) is 0 Å². The second-order valence-corrected chi connectivity index (χ2v) is 7.81. The molecule has 0 saturated carbocycles. The van der Waals surface area contributed by atoms with E-state index in [9.17, 15) is 19.2 Å². The summed E-state index contributed by atoms with van der Waals surface area (Å²) in [6.45, 7) is 4.12. The number of hydrogen-bond donors (Lipinski definition) is 4. The summed E-state index contributed by atoms with van der Waals surface area (Å²) in [5.41, 5.74) is 0.604. The zero-order valence-corrected chi connectivity index (χ0v) is 17.2. The highest BCUT2D eigenvalue weighted by Gasteiger charge is 2.32. The van der Waals surface area contributed by atoms with E-state index in [0.29, 0.717) is 16.6 Å². The number of nitrogens with zero attached hydrogens (tertiary/aromatic N) is 1. The summed E-state index contributed by atoms with van der Waals surface area (Å²) in [5.74, 6) is -0.681. The largest absolute Gasteiger partial charge is 0.465 e. The first-order chi connectivity index (χ1) is 13.7. The summed E-state index contributed by atoms with van der Waals surface area (Å²) in [6, 6.07) is 5.13. The van der Waals surface area contributed by atoms with Crippen molar-refractivity contribution in [2.45, 2.75) is 49.5 Å². The molecule has 1 aromatic carbocycles. The number of carbonyl (C=O) groups is 4. The average Bonchev–Trinajstić information content (AvgIpc) is 3.00. The Balaban J connectivity index is 2.39. The zero-order valence-electron chi connectivity index (χ0n) is 16.4. The SMILES string of the molecule is CCC(C)Sc1ccc(NC(NC(=O)O)NC(=O)OC)c(N2C(=O)CCC2=O)c1. The van der Waals surface area contributed by atoms with Crippen LogP contribution >= 0.6 is 11.8 Å². The molecule has 2 rings (SSSR count). The summed E-state index contributed by atoms with van der Waals surface area (Å²) in [5, 5.41) is 16.5. The number of rotatable bonds is 8. The van der Waals surface area contributed by atoms with Crippen molar-refractivity contribution in [3.05, 3.63) is 18.2 Å². The van der Waals surface area contributed by atoms with E-state index in [1.807, 2.05) is 0 Å². The Morgan fingerprint density at radius 2 is 1.90 bits per heavy atom. The molecule has 1 aromatic rings. The van der Waals surface area contributed by atoms with E-state index in [2.05, 4.69) is 34.5 Å². The topological polar surface area (TPSA) is 137 Å². The molecule has 158 valence electrons. The third-order valence-electron chi connectivity index (χ3n) is 4.19. The Morgan fingerprint density at radius 1 is 1.24 bits per heavy atom. The lowest BCUT2D eigenvalue weighted by Crippen LogP contribution is -2.52. The van der Waals surface area contributed by atoms with Crippen LogP contribution in [0.15, 0.2) is 23.1 Å². The molecule has 0 radical (unpaired) electrons. The molecule has 0 bridgehead atoms. The van der Waals surface area contributed by atoms with E-state index in [4.69, 9.17) is 5.11 Å². The second kappa shape index (κ2) is 10.0. The number of carboxylic acid groups (broad SMARTS) is 1. The third kappa shape index (κ3) is 6.01. The van der Waals surface area contributed by atoms with Gasteiger partial charge in [-0.3, -0.25) is 20.2 Å². The van der Waals surface area contributed by atoms with Crippen LogP contribution in [0.4, 0.5) is 21.0 Å². The Kier molecular flexibility index (Phi) is 7.71. The molecule has 0 aliphatic carbocycles. The van der Waals surface area contributed by atoms with Crippen LogP contribution in [0.3, 0.4) is 0 Å². The highest BCUT2D eigenvalue weighted by molar-refractivity contribution is 7.99. The lowest BCUT2D eigenvalue weighted by atomic mass is 10.2. The van der Waals surface area contributed by atoms with E-state index < -0.39 is 18.5 Å². The highest BCUT2D eigenvalue weighted by Crippen LogP contribution is 2.36. The minimum Gasteiger partial charge on any atom is -0.465 e. The van der Waals surface area contributed by atoms with Crippen LogP contribution in [0.1, 0.15) is 33.1 Å². The molecule has 1 saturated heterocycles. The number of benzene rings is 1. The van der Waals surface area contributed by atoms with Crippen molar-refractivity contribution in [1.82, 2.24) is 10.6 Å². The van der Waals surface area contributed by atoms with Crippen molar-refractivity contribution in [2.24, 2.45) is 0 Å². The maximum absolute atomic E-state index is 12.3. The fourth-order valence-electron chi connectivity index (χ4n) is 2.62. The summed E-state index contributed by atoms with van der Waals surface area (Å²) in [6.07, 6.45) is -2.35. The third-order valence-corrected chi connectivity index (χ3v) is 5.45. The molecular formula is C18H24N4O6S. The molecule has 4 N–H and O–H groups in total. The maximum Gasteiger partial charge on any atom is 0.409 e. The smallest absolute Gasteiger partial charge is 0.409 e. The molecule has 2 unspecified atom stereocenters. The number of methoxy groups -OCH3 is 1. The van der Waals surface area contributed by atoms with E-state index in [-0.39, 0.29) is 24.7 Å². The fraction of sp³-hybridized carbons (Fsp3) is 0.444. The first kappa shape index (κ1) is 22.3. The van der Waals surface area contributed by atoms with Gasteiger partial charge >= 0.3 is 12.2 Å². The first-order valence-corrected chi connectivity index (χ1v) is 9.90. The van der Waals surface area contributed by atoms with Crippen LogP contribution in [0.5, 0.6) is 0 Å². The van der Waals surface area contributed by atoms with E-state index in [0.717, 1.165) is 23.3 Å². The summed E-state index contributed by atoms with van der Waals surface area (Å²) >= 11 is 1.59. The minimum atomic E-state index is -1.39. The number of amides is 4. The summed E-state index contributed by atoms with van der Waals surface area (Å²) in [7, 11) is 1.14. The number of anilines is 2. The Morgan fingerprint density at radius 3 is 2.45 bits per heavy atom. The number of imide groups is 1. The molecule has 10 nitrogen and oxygen atoms in total. The first-order valence-electron chi connectivity index (χ1n) is 9.02. The summed E-state index contributed by atoms with van der Waals surface area (Å²) < 4.78 is 4.49. The average molecular weight is 424 g/mol. The van der Waals surface area contributed by atoms with Crippen molar-refractivity contribution in [3.63, 3.8) is 0 Å². The number of nitrogens with one attached hydrogen (secondary N) is 3. The molecule has 0 spiro atoms. The second-order valence-electron chi connectivity index (χ2n) is 6.30. The van der Waals surface area contributed by atoms with E-state index >= 15 is 0 Å². The Hall–Kier alpha value is -2.95. The maximum atomic E-state index is 12.3. The van der Waals surface area contributed by atoms with Crippen molar-refractivity contribution in [3.8, 4) is 0 Å². The van der Waals surface area contributed by atoms with Crippen molar-refractivity contribution < 1.29 is 29.0 Å². The van der Waals surface area contributed by atoms with Crippen molar-refractivity contribution in [2.75, 3.05) is 17.3 Å². The zero-order chi connectivity index (χ0) is 21.6. The van der Waals surface area contributed by atoms with Crippen molar-refractivity contribution in [1.29, 1.82) is 0 Å². The number of hydrogen-bond acceptors (Lipinski definition) is 7. The van der Waals surface area contributed by atoms with Crippen LogP contribution in [-0.4, -0.2) is 47.8 Å². The Labute approximate surface area is 172 Å². The van der Waals surface area contributed by atoms with Gasteiger partial charge in [0.2, 0.25) is 11.8 Å². The number of thioether (sulfide) groups is 1. The van der Waals surface area contributed by atoms with Gasteiger partial charge in [-0.15, -0.1) is 11.8 Å². The molecule has 4 amide bonds.